The lowest BCUT2D eigenvalue weighted by atomic mass is 10.2. The Morgan fingerprint density at radius 2 is 1.81 bits per heavy atom. The van der Waals surface area contributed by atoms with E-state index in [1.807, 2.05) is 54.3 Å². The Kier molecular flexibility index (Phi) is 7.07. The van der Waals surface area contributed by atoms with Crippen LogP contribution in [-0.4, -0.2) is 48.0 Å². The summed E-state index contributed by atoms with van der Waals surface area (Å²) in [5, 5.41) is 12.6. The maximum absolute atomic E-state index is 13.1. The average Bonchev–Trinajstić information content (AvgIpc) is 3.60. The van der Waals surface area contributed by atoms with Gasteiger partial charge in [-0.15, -0.1) is 0 Å². The van der Waals surface area contributed by atoms with Crippen LogP contribution in [0.1, 0.15) is 12.6 Å². The molecular formula is C27H25N5O3S. The molecule has 1 unspecified atom stereocenters. The molecule has 0 spiro atoms. The van der Waals surface area contributed by atoms with Gasteiger partial charge in [-0.25, -0.2) is 0 Å². The number of amides is 1. The first-order valence-corrected chi connectivity index (χ1v) is 12.5. The molecule has 36 heavy (non-hydrogen) atoms. The van der Waals surface area contributed by atoms with Gasteiger partial charge in [0, 0.05) is 36.0 Å². The number of para-hydroxylation sites is 1. The maximum Gasteiger partial charge on any atom is 0.266 e. The number of nitrogens with zero attached hydrogens (tertiary/aromatic N) is 4. The van der Waals surface area contributed by atoms with Gasteiger partial charge >= 0.3 is 0 Å². The molecule has 1 N–H and O–H groups in total. The molecule has 1 fully saturated rings. The van der Waals surface area contributed by atoms with Crippen molar-refractivity contribution in [1.82, 2.24) is 9.88 Å². The van der Waals surface area contributed by atoms with Crippen molar-refractivity contribution in [3.8, 4) is 17.7 Å². The molecule has 0 saturated carbocycles. The third-order valence-electron chi connectivity index (χ3n) is 6.09. The van der Waals surface area contributed by atoms with Crippen LogP contribution in [0, 0.1) is 11.3 Å². The standard InChI is InChI=1S/C27H25N5O3S/c1-19(25(33)29-21-10-5-6-12-24(21)36-20-8-3-2-4-9-20)31-13-15-32(16-14-31)27-22(18-28)30-26(35-27)23-11-7-17-34-23/h2-12,17,19H,13-16H2,1H3,(H,29,33). The zero-order valence-corrected chi connectivity index (χ0v) is 20.6. The molecule has 0 aliphatic carbocycles. The molecule has 1 saturated heterocycles. The van der Waals surface area contributed by atoms with Gasteiger partial charge in [-0.05, 0) is 43.3 Å². The van der Waals surface area contributed by atoms with Crippen molar-refractivity contribution in [2.24, 2.45) is 0 Å². The summed E-state index contributed by atoms with van der Waals surface area (Å²) in [7, 11) is 0. The Labute approximate surface area is 213 Å². The normalized spacial score (nSPS) is 14.8. The highest BCUT2D eigenvalue weighted by molar-refractivity contribution is 7.99. The number of piperazine rings is 1. The van der Waals surface area contributed by atoms with E-state index in [-0.39, 0.29) is 23.5 Å². The van der Waals surface area contributed by atoms with Crippen molar-refractivity contribution < 1.29 is 13.6 Å². The molecule has 3 heterocycles. The van der Waals surface area contributed by atoms with E-state index in [0.29, 0.717) is 37.8 Å². The number of furan rings is 1. The number of hydrogen-bond acceptors (Lipinski definition) is 8. The summed E-state index contributed by atoms with van der Waals surface area (Å²) in [6, 6.07) is 23.2. The number of hydrogen-bond donors (Lipinski definition) is 1. The smallest absolute Gasteiger partial charge is 0.266 e. The van der Waals surface area contributed by atoms with Crippen molar-refractivity contribution in [1.29, 1.82) is 5.26 Å². The van der Waals surface area contributed by atoms with Gasteiger partial charge in [0.2, 0.25) is 17.5 Å². The number of oxazole rings is 1. The number of carbonyl (C=O) groups is 1. The first kappa shape index (κ1) is 23.7. The van der Waals surface area contributed by atoms with Gasteiger partial charge in [0.15, 0.2) is 5.76 Å². The fourth-order valence-corrected chi connectivity index (χ4v) is 5.02. The van der Waals surface area contributed by atoms with E-state index >= 15 is 0 Å². The van der Waals surface area contributed by atoms with E-state index in [1.165, 1.54) is 6.26 Å². The zero-order chi connectivity index (χ0) is 24.9. The second-order valence-corrected chi connectivity index (χ2v) is 9.48. The summed E-state index contributed by atoms with van der Waals surface area (Å²) < 4.78 is 11.2. The number of anilines is 2. The first-order chi connectivity index (χ1) is 17.6. The van der Waals surface area contributed by atoms with Crippen LogP contribution in [0.4, 0.5) is 11.6 Å². The number of rotatable bonds is 7. The topological polar surface area (TPSA) is 98.5 Å². The number of carbonyl (C=O) groups excluding carboxylic acids is 1. The molecule has 2 aromatic carbocycles. The van der Waals surface area contributed by atoms with E-state index in [1.54, 1.807) is 23.9 Å². The van der Waals surface area contributed by atoms with Crippen LogP contribution in [0.2, 0.25) is 0 Å². The van der Waals surface area contributed by atoms with Gasteiger partial charge in [0.25, 0.3) is 5.89 Å². The third kappa shape index (κ3) is 5.15. The highest BCUT2D eigenvalue weighted by Gasteiger charge is 2.29. The molecular weight excluding hydrogens is 474 g/mol. The van der Waals surface area contributed by atoms with E-state index in [4.69, 9.17) is 8.83 Å². The lowest BCUT2D eigenvalue weighted by Gasteiger charge is -2.37. The van der Waals surface area contributed by atoms with Gasteiger partial charge in [0.1, 0.15) is 6.07 Å². The highest BCUT2D eigenvalue weighted by atomic mass is 32.2. The van der Waals surface area contributed by atoms with Crippen LogP contribution in [0.15, 0.2) is 91.6 Å². The lowest BCUT2D eigenvalue weighted by Crippen LogP contribution is -2.53. The third-order valence-corrected chi connectivity index (χ3v) is 7.18. The minimum absolute atomic E-state index is 0.0537. The summed E-state index contributed by atoms with van der Waals surface area (Å²) >= 11 is 1.62. The average molecular weight is 500 g/mol. The van der Waals surface area contributed by atoms with Gasteiger partial charge in [-0.1, -0.05) is 42.1 Å². The summed E-state index contributed by atoms with van der Waals surface area (Å²) in [5.41, 5.74) is 1.03. The number of benzene rings is 2. The van der Waals surface area contributed by atoms with Gasteiger partial charge < -0.3 is 19.1 Å². The summed E-state index contributed by atoms with van der Waals surface area (Å²) in [4.78, 5) is 23.7. The Morgan fingerprint density at radius 3 is 2.53 bits per heavy atom. The van der Waals surface area contributed by atoms with Crippen molar-refractivity contribution in [3.63, 3.8) is 0 Å². The van der Waals surface area contributed by atoms with Crippen LogP contribution < -0.4 is 10.2 Å². The quantitative estimate of drug-likeness (QED) is 0.375. The summed E-state index contributed by atoms with van der Waals surface area (Å²) in [6.45, 7) is 4.44. The predicted octanol–water partition coefficient (Wildman–Crippen LogP) is 5.11. The molecule has 0 radical (unpaired) electrons. The van der Waals surface area contributed by atoms with Crippen molar-refractivity contribution in [3.05, 3.63) is 78.7 Å². The molecule has 0 bridgehead atoms. The van der Waals surface area contributed by atoms with Crippen LogP contribution >= 0.6 is 11.8 Å². The van der Waals surface area contributed by atoms with Crippen molar-refractivity contribution in [2.75, 3.05) is 36.4 Å². The molecule has 5 rings (SSSR count). The minimum atomic E-state index is -0.314. The molecule has 4 aromatic rings. The Morgan fingerprint density at radius 1 is 1.06 bits per heavy atom. The Hall–Kier alpha value is -4.00. The van der Waals surface area contributed by atoms with Crippen LogP contribution in [-0.2, 0) is 4.79 Å². The lowest BCUT2D eigenvalue weighted by molar-refractivity contribution is -0.120. The second kappa shape index (κ2) is 10.7. The molecule has 1 aliphatic rings. The van der Waals surface area contributed by atoms with Crippen LogP contribution in [0.5, 0.6) is 0 Å². The fourth-order valence-electron chi connectivity index (χ4n) is 4.09. The zero-order valence-electron chi connectivity index (χ0n) is 19.8. The SMILES string of the molecule is CC(C(=O)Nc1ccccc1Sc1ccccc1)N1CCN(c2oc(-c3ccco3)nc2C#N)CC1. The Bertz CT molecular complexity index is 1360. The monoisotopic (exact) mass is 499 g/mol. The fraction of sp³-hybridized carbons (Fsp3) is 0.222. The Balaban J connectivity index is 1.21. The van der Waals surface area contributed by atoms with Crippen LogP contribution in [0.3, 0.4) is 0 Å². The predicted molar refractivity (Wildman–Crippen MR) is 138 cm³/mol. The van der Waals surface area contributed by atoms with Crippen molar-refractivity contribution in [2.45, 2.75) is 22.8 Å². The van der Waals surface area contributed by atoms with E-state index in [9.17, 15) is 10.1 Å². The first-order valence-electron chi connectivity index (χ1n) is 11.7. The highest BCUT2D eigenvalue weighted by Crippen LogP contribution is 2.33. The molecule has 8 nitrogen and oxygen atoms in total. The van der Waals surface area contributed by atoms with E-state index < -0.39 is 0 Å². The molecule has 2 aromatic heterocycles. The van der Waals surface area contributed by atoms with Crippen molar-refractivity contribution >= 4 is 29.2 Å². The summed E-state index contributed by atoms with van der Waals surface area (Å²) in [5.74, 6) is 1.15. The molecule has 9 heteroatoms. The number of nitrogens with one attached hydrogen (secondary N) is 1. The van der Waals surface area contributed by atoms with Crippen LogP contribution in [0.25, 0.3) is 11.7 Å². The van der Waals surface area contributed by atoms with Gasteiger partial charge in [0.05, 0.1) is 18.0 Å². The molecule has 1 atom stereocenters. The minimum Gasteiger partial charge on any atom is -0.459 e. The maximum atomic E-state index is 13.1. The van der Waals surface area contributed by atoms with Gasteiger partial charge in [-0.2, -0.15) is 10.2 Å². The van der Waals surface area contributed by atoms with Gasteiger partial charge in [-0.3, -0.25) is 9.69 Å². The second-order valence-electron chi connectivity index (χ2n) is 8.36. The van der Waals surface area contributed by atoms with E-state index in [0.717, 1.165) is 15.5 Å². The largest absolute Gasteiger partial charge is 0.459 e. The number of aromatic nitrogens is 1. The number of nitriles is 1. The molecule has 182 valence electrons. The molecule has 1 amide bonds. The van der Waals surface area contributed by atoms with E-state index in [2.05, 4.69) is 33.4 Å². The summed E-state index contributed by atoms with van der Waals surface area (Å²) in [6.07, 6.45) is 1.54. The molecule has 1 aliphatic heterocycles.